The molecule has 0 bridgehead atoms. The van der Waals surface area contributed by atoms with Gasteiger partial charge in [-0.05, 0) is 18.6 Å². The molecular weight excluding hydrogens is 319 g/mol. The van der Waals surface area contributed by atoms with Gasteiger partial charge in [-0.2, -0.15) is 5.10 Å². The zero-order valence-electron chi connectivity index (χ0n) is 14.4. The predicted molar refractivity (Wildman–Crippen MR) is 95.6 cm³/mol. The van der Waals surface area contributed by atoms with Crippen molar-refractivity contribution >= 4 is 16.7 Å². The highest BCUT2D eigenvalue weighted by Crippen LogP contribution is 2.42. The third-order valence-corrected chi connectivity index (χ3v) is 5.16. The smallest absolute Gasteiger partial charge is 0.159 e. The van der Waals surface area contributed by atoms with Crippen LogP contribution in [0.4, 0.5) is 10.1 Å². The van der Waals surface area contributed by atoms with Crippen LogP contribution in [-0.2, 0) is 7.05 Å². The third-order valence-electron chi connectivity index (χ3n) is 5.16. The lowest BCUT2D eigenvalue weighted by molar-refractivity contribution is 0.0752. The number of anilines is 1. The summed E-state index contributed by atoms with van der Waals surface area (Å²) in [7, 11) is 1.86. The van der Waals surface area contributed by atoms with Gasteiger partial charge in [0, 0.05) is 25.7 Å². The van der Waals surface area contributed by atoms with Crippen LogP contribution in [0.5, 0.6) is 0 Å². The van der Waals surface area contributed by atoms with Gasteiger partial charge in [-0.15, -0.1) is 0 Å². The molecule has 25 heavy (non-hydrogen) atoms. The average Bonchev–Trinajstić information content (AvgIpc) is 3.14. The second-order valence-electron chi connectivity index (χ2n) is 6.77. The molecule has 0 radical (unpaired) electrons. The normalized spacial score (nSPS) is 23.5. The van der Waals surface area contributed by atoms with Crippen LogP contribution in [0.25, 0.3) is 11.0 Å². The summed E-state index contributed by atoms with van der Waals surface area (Å²) in [6.07, 6.45) is 1.73. The number of hydrogen-bond donors (Lipinski definition) is 1. The molecule has 1 saturated heterocycles. The maximum Gasteiger partial charge on any atom is 0.159 e. The Hall–Kier alpha value is -2.47. The third kappa shape index (κ3) is 2.48. The Morgan fingerprint density at radius 2 is 2.04 bits per heavy atom. The van der Waals surface area contributed by atoms with Crippen molar-refractivity contribution in [3.05, 3.63) is 53.9 Å². The lowest BCUT2D eigenvalue weighted by atomic mass is 9.87. The second-order valence-corrected chi connectivity index (χ2v) is 6.77. The van der Waals surface area contributed by atoms with Crippen molar-refractivity contribution in [2.75, 3.05) is 24.6 Å². The number of fused-ring (bicyclic) bond motifs is 1. The van der Waals surface area contributed by atoms with Gasteiger partial charge in [0.15, 0.2) is 11.3 Å². The SMILES string of the molecule is Cc1nn(C)c2nccc(N3C[C@@H](c4ccccc4)[C@](F)(CO)C3)c12. The van der Waals surface area contributed by atoms with E-state index in [9.17, 15) is 5.11 Å². The standard InChI is InChI=1S/C19H21FN4O/c1-13-17-16(8-9-21-18(17)23(2)22-13)24-10-15(19(20,11-24)12-25)14-6-4-3-5-7-14/h3-9,15,25H,10-12H2,1-2H3/t15-,19+/m0/s1. The molecule has 1 aliphatic heterocycles. The fourth-order valence-corrected chi connectivity index (χ4v) is 3.93. The summed E-state index contributed by atoms with van der Waals surface area (Å²) >= 11 is 0. The molecule has 0 spiro atoms. The van der Waals surface area contributed by atoms with Crippen molar-refractivity contribution < 1.29 is 9.50 Å². The molecule has 0 amide bonds. The van der Waals surface area contributed by atoms with E-state index < -0.39 is 12.3 Å². The van der Waals surface area contributed by atoms with Gasteiger partial charge in [-0.1, -0.05) is 30.3 Å². The predicted octanol–water partition coefficient (Wildman–Crippen LogP) is 2.58. The van der Waals surface area contributed by atoms with Crippen LogP contribution in [0.3, 0.4) is 0 Å². The molecule has 4 rings (SSSR count). The molecule has 1 fully saturated rings. The number of aliphatic hydroxyl groups excluding tert-OH is 1. The van der Waals surface area contributed by atoms with Crippen molar-refractivity contribution in [2.24, 2.45) is 7.05 Å². The monoisotopic (exact) mass is 340 g/mol. The molecule has 2 atom stereocenters. The first-order chi connectivity index (χ1) is 12.0. The summed E-state index contributed by atoms with van der Waals surface area (Å²) in [5.41, 5.74) is 1.82. The summed E-state index contributed by atoms with van der Waals surface area (Å²) in [4.78, 5) is 6.40. The van der Waals surface area contributed by atoms with E-state index in [-0.39, 0.29) is 12.5 Å². The molecule has 130 valence electrons. The van der Waals surface area contributed by atoms with Crippen molar-refractivity contribution in [3.8, 4) is 0 Å². The number of alkyl halides is 1. The quantitative estimate of drug-likeness (QED) is 0.796. The molecule has 5 nitrogen and oxygen atoms in total. The number of nitrogens with zero attached hydrogens (tertiary/aromatic N) is 4. The largest absolute Gasteiger partial charge is 0.393 e. The van der Waals surface area contributed by atoms with E-state index in [0.717, 1.165) is 28.0 Å². The van der Waals surface area contributed by atoms with Gasteiger partial charge in [0.25, 0.3) is 0 Å². The number of pyridine rings is 1. The molecule has 0 unspecified atom stereocenters. The summed E-state index contributed by atoms with van der Waals surface area (Å²) in [5, 5.41) is 15.1. The fraction of sp³-hybridized carbons (Fsp3) is 0.368. The van der Waals surface area contributed by atoms with Crippen molar-refractivity contribution in [1.29, 1.82) is 0 Å². The van der Waals surface area contributed by atoms with E-state index in [1.165, 1.54) is 0 Å². The minimum Gasteiger partial charge on any atom is -0.393 e. The number of hydrogen-bond acceptors (Lipinski definition) is 4. The molecule has 1 aromatic carbocycles. The van der Waals surface area contributed by atoms with E-state index in [4.69, 9.17) is 0 Å². The summed E-state index contributed by atoms with van der Waals surface area (Å²) in [5.74, 6) is -0.376. The van der Waals surface area contributed by atoms with Gasteiger partial charge in [0.2, 0.25) is 0 Å². The van der Waals surface area contributed by atoms with Gasteiger partial charge in [-0.3, -0.25) is 4.68 Å². The summed E-state index contributed by atoms with van der Waals surface area (Å²) < 4.78 is 17.2. The number of benzene rings is 1. The number of aryl methyl sites for hydroxylation is 2. The first-order valence-electron chi connectivity index (χ1n) is 8.41. The Labute approximate surface area is 145 Å². The average molecular weight is 340 g/mol. The van der Waals surface area contributed by atoms with Crippen molar-refractivity contribution in [3.63, 3.8) is 0 Å². The number of aliphatic hydroxyl groups is 1. The molecule has 3 aromatic rings. The van der Waals surface area contributed by atoms with E-state index in [1.807, 2.05) is 55.3 Å². The van der Waals surface area contributed by atoms with Crippen LogP contribution in [0.1, 0.15) is 17.2 Å². The number of halogens is 1. The molecule has 1 aliphatic rings. The lowest BCUT2D eigenvalue weighted by Crippen LogP contribution is -2.36. The minimum absolute atomic E-state index is 0.149. The Morgan fingerprint density at radius 1 is 1.28 bits per heavy atom. The zero-order valence-corrected chi connectivity index (χ0v) is 14.4. The lowest BCUT2D eigenvalue weighted by Gasteiger charge is -2.24. The number of rotatable bonds is 3. The first-order valence-corrected chi connectivity index (χ1v) is 8.41. The molecule has 0 saturated carbocycles. The van der Waals surface area contributed by atoms with Gasteiger partial charge < -0.3 is 10.0 Å². The second kappa shape index (κ2) is 5.81. The zero-order chi connectivity index (χ0) is 17.6. The van der Waals surface area contributed by atoms with Crippen molar-refractivity contribution in [2.45, 2.75) is 18.5 Å². The summed E-state index contributed by atoms with van der Waals surface area (Å²) in [6.45, 7) is 2.10. The molecule has 6 heteroatoms. The summed E-state index contributed by atoms with van der Waals surface area (Å²) in [6, 6.07) is 11.5. The van der Waals surface area contributed by atoms with E-state index in [0.29, 0.717) is 6.54 Å². The van der Waals surface area contributed by atoms with Crippen LogP contribution in [-0.4, -0.2) is 45.2 Å². The van der Waals surface area contributed by atoms with Crippen LogP contribution in [0.15, 0.2) is 42.6 Å². The van der Waals surface area contributed by atoms with E-state index in [1.54, 1.807) is 10.9 Å². The minimum atomic E-state index is -1.67. The van der Waals surface area contributed by atoms with Gasteiger partial charge in [0.1, 0.15) is 0 Å². The Morgan fingerprint density at radius 3 is 2.76 bits per heavy atom. The Bertz CT molecular complexity index is 910. The molecule has 0 aliphatic carbocycles. The maximum absolute atomic E-state index is 15.5. The van der Waals surface area contributed by atoms with Crippen LogP contribution >= 0.6 is 0 Å². The number of aromatic nitrogens is 3. The first kappa shape index (κ1) is 16.0. The molecule has 1 N–H and O–H groups in total. The van der Waals surface area contributed by atoms with E-state index in [2.05, 4.69) is 10.1 Å². The van der Waals surface area contributed by atoms with Gasteiger partial charge in [-0.25, -0.2) is 9.37 Å². The van der Waals surface area contributed by atoms with Crippen LogP contribution in [0.2, 0.25) is 0 Å². The fourth-order valence-electron chi connectivity index (χ4n) is 3.93. The molecular formula is C19H21FN4O. The highest BCUT2D eigenvalue weighted by atomic mass is 19.1. The highest BCUT2D eigenvalue weighted by Gasteiger charge is 2.48. The maximum atomic E-state index is 15.5. The molecule has 3 heterocycles. The van der Waals surface area contributed by atoms with Gasteiger partial charge >= 0.3 is 0 Å². The van der Waals surface area contributed by atoms with Crippen LogP contribution in [0, 0.1) is 6.92 Å². The van der Waals surface area contributed by atoms with Gasteiger partial charge in [0.05, 0.1) is 29.9 Å². The topological polar surface area (TPSA) is 54.2 Å². The highest BCUT2D eigenvalue weighted by molar-refractivity contribution is 5.92. The Balaban J connectivity index is 1.78. The van der Waals surface area contributed by atoms with Crippen molar-refractivity contribution in [1.82, 2.24) is 14.8 Å². The Kier molecular flexibility index (Phi) is 3.72. The molecule has 2 aromatic heterocycles. The van der Waals surface area contributed by atoms with Crippen LogP contribution < -0.4 is 4.90 Å². The van der Waals surface area contributed by atoms with E-state index >= 15 is 4.39 Å².